The maximum Gasteiger partial charge on any atom is 0.270 e. The summed E-state index contributed by atoms with van der Waals surface area (Å²) in [6.45, 7) is 3.11. The third-order valence-corrected chi connectivity index (χ3v) is 5.35. The molecule has 0 radical (unpaired) electrons. The number of carbonyl (C=O) groups excluding carboxylic acids is 1. The SMILES string of the molecule is CCc1cc(F)cc2[nH]c(C(=O)N3CCc4nc(N)sc4C3)cc12. The van der Waals surface area contributed by atoms with E-state index in [1.54, 1.807) is 4.90 Å². The molecule has 3 N–H and O–H groups in total. The summed E-state index contributed by atoms with van der Waals surface area (Å²) < 4.78 is 13.7. The van der Waals surface area contributed by atoms with Crippen molar-refractivity contribution < 1.29 is 9.18 Å². The number of rotatable bonds is 2. The predicted molar refractivity (Wildman–Crippen MR) is 92.6 cm³/mol. The van der Waals surface area contributed by atoms with Gasteiger partial charge in [-0.15, -0.1) is 11.3 Å². The second kappa shape index (κ2) is 5.59. The van der Waals surface area contributed by atoms with Gasteiger partial charge in [-0.1, -0.05) is 6.92 Å². The first kappa shape index (κ1) is 15.1. The minimum absolute atomic E-state index is 0.0775. The van der Waals surface area contributed by atoms with Crippen molar-refractivity contribution in [1.82, 2.24) is 14.9 Å². The minimum atomic E-state index is -0.289. The van der Waals surface area contributed by atoms with Gasteiger partial charge in [0.1, 0.15) is 11.5 Å². The van der Waals surface area contributed by atoms with Gasteiger partial charge in [0.2, 0.25) is 0 Å². The average Bonchev–Trinajstić information content (AvgIpc) is 3.14. The second-order valence-corrected chi connectivity index (χ2v) is 7.08. The number of halogens is 1. The number of H-pyrrole nitrogens is 1. The Labute approximate surface area is 142 Å². The summed E-state index contributed by atoms with van der Waals surface area (Å²) >= 11 is 1.43. The fourth-order valence-corrected chi connectivity index (χ4v) is 4.13. The maximum atomic E-state index is 13.7. The van der Waals surface area contributed by atoms with E-state index >= 15 is 0 Å². The number of thiazole rings is 1. The zero-order chi connectivity index (χ0) is 16.8. The number of anilines is 1. The van der Waals surface area contributed by atoms with Gasteiger partial charge in [0.25, 0.3) is 5.91 Å². The largest absolute Gasteiger partial charge is 0.375 e. The predicted octanol–water partition coefficient (Wildman–Crippen LogP) is 3.11. The van der Waals surface area contributed by atoms with E-state index in [1.165, 1.54) is 23.5 Å². The Morgan fingerprint density at radius 2 is 2.29 bits per heavy atom. The Balaban J connectivity index is 1.66. The van der Waals surface area contributed by atoms with Gasteiger partial charge in [-0.25, -0.2) is 9.37 Å². The minimum Gasteiger partial charge on any atom is -0.375 e. The quantitative estimate of drug-likeness (QED) is 0.750. The van der Waals surface area contributed by atoms with Crippen molar-refractivity contribution in [3.8, 4) is 0 Å². The number of amides is 1. The third-order valence-electron chi connectivity index (χ3n) is 4.43. The van der Waals surface area contributed by atoms with E-state index in [0.29, 0.717) is 42.3 Å². The second-order valence-electron chi connectivity index (χ2n) is 5.96. The number of hydrogen-bond donors (Lipinski definition) is 2. The molecule has 2 aromatic heterocycles. The van der Waals surface area contributed by atoms with Crippen molar-refractivity contribution in [2.24, 2.45) is 0 Å². The number of nitrogens with zero attached hydrogens (tertiary/aromatic N) is 2. The zero-order valence-corrected chi connectivity index (χ0v) is 14.0. The lowest BCUT2D eigenvalue weighted by atomic mass is 10.1. The first-order valence-corrected chi connectivity index (χ1v) is 8.71. The number of nitrogen functional groups attached to an aromatic ring is 1. The molecule has 0 saturated heterocycles. The lowest BCUT2D eigenvalue weighted by Crippen LogP contribution is -2.35. The summed E-state index contributed by atoms with van der Waals surface area (Å²) in [5.74, 6) is -0.366. The van der Waals surface area contributed by atoms with Crippen LogP contribution >= 0.6 is 11.3 Å². The van der Waals surface area contributed by atoms with Crippen molar-refractivity contribution >= 4 is 33.3 Å². The number of benzene rings is 1. The van der Waals surface area contributed by atoms with E-state index in [9.17, 15) is 9.18 Å². The van der Waals surface area contributed by atoms with E-state index in [1.807, 2.05) is 13.0 Å². The molecule has 7 heteroatoms. The molecule has 1 aliphatic heterocycles. The van der Waals surface area contributed by atoms with E-state index in [0.717, 1.165) is 21.5 Å². The normalized spacial score (nSPS) is 14.2. The monoisotopic (exact) mass is 344 g/mol. The van der Waals surface area contributed by atoms with Crippen LogP contribution in [0.1, 0.15) is 33.5 Å². The molecule has 124 valence electrons. The average molecular weight is 344 g/mol. The molecule has 3 aromatic rings. The summed E-state index contributed by atoms with van der Waals surface area (Å²) in [6, 6.07) is 4.79. The molecule has 0 atom stereocenters. The Hall–Kier alpha value is -2.41. The molecule has 24 heavy (non-hydrogen) atoms. The third kappa shape index (κ3) is 2.45. The topological polar surface area (TPSA) is 75.0 Å². The Morgan fingerprint density at radius 3 is 3.08 bits per heavy atom. The standard InChI is InChI=1S/C17H17FN4OS/c1-2-9-5-10(18)6-13-11(9)7-14(20-13)16(23)22-4-3-12-15(8-22)24-17(19)21-12/h5-7,20H,2-4,8H2,1H3,(H2,19,21). The molecule has 0 spiro atoms. The number of aromatic nitrogens is 2. The van der Waals surface area contributed by atoms with Gasteiger partial charge in [-0.2, -0.15) is 0 Å². The highest BCUT2D eigenvalue weighted by Crippen LogP contribution is 2.28. The molecular formula is C17H17FN4OS. The molecule has 0 saturated carbocycles. The van der Waals surface area contributed by atoms with Crippen molar-refractivity contribution in [3.05, 3.63) is 45.8 Å². The van der Waals surface area contributed by atoms with Gasteiger partial charge >= 0.3 is 0 Å². The number of hydrogen-bond acceptors (Lipinski definition) is 4. The van der Waals surface area contributed by atoms with Crippen LogP contribution in [0.3, 0.4) is 0 Å². The van der Waals surface area contributed by atoms with Gasteiger partial charge in [0.15, 0.2) is 5.13 Å². The van der Waals surface area contributed by atoms with Crippen LogP contribution in [0.5, 0.6) is 0 Å². The van der Waals surface area contributed by atoms with Gasteiger partial charge in [0, 0.05) is 28.7 Å². The number of fused-ring (bicyclic) bond motifs is 2. The highest BCUT2D eigenvalue weighted by Gasteiger charge is 2.25. The van der Waals surface area contributed by atoms with E-state index < -0.39 is 0 Å². The number of nitrogens with two attached hydrogens (primary N) is 1. The summed E-state index contributed by atoms with van der Waals surface area (Å²) in [4.78, 5) is 23.0. The summed E-state index contributed by atoms with van der Waals surface area (Å²) in [5, 5.41) is 1.45. The molecule has 1 aromatic carbocycles. The molecule has 1 aliphatic rings. The fourth-order valence-electron chi connectivity index (χ4n) is 3.24. The molecule has 1 amide bonds. The van der Waals surface area contributed by atoms with Crippen LogP contribution in [0.2, 0.25) is 0 Å². The number of nitrogens with one attached hydrogen (secondary N) is 1. The Morgan fingerprint density at radius 1 is 1.46 bits per heavy atom. The summed E-state index contributed by atoms with van der Waals surface area (Å²) in [6.07, 6.45) is 1.43. The maximum absolute atomic E-state index is 13.7. The summed E-state index contributed by atoms with van der Waals surface area (Å²) in [5.41, 5.74) is 8.80. The molecular weight excluding hydrogens is 327 g/mol. The van der Waals surface area contributed by atoms with Crippen molar-refractivity contribution in [2.45, 2.75) is 26.3 Å². The molecule has 0 aliphatic carbocycles. The van der Waals surface area contributed by atoms with Crippen LogP contribution in [0.25, 0.3) is 10.9 Å². The zero-order valence-electron chi connectivity index (χ0n) is 13.2. The van der Waals surface area contributed by atoms with Crippen molar-refractivity contribution in [1.29, 1.82) is 0 Å². The van der Waals surface area contributed by atoms with Gasteiger partial charge < -0.3 is 15.6 Å². The van der Waals surface area contributed by atoms with E-state index in [4.69, 9.17) is 5.73 Å². The van der Waals surface area contributed by atoms with Crippen LogP contribution in [0.15, 0.2) is 18.2 Å². The smallest absolute Gasteiger partial charge is 0.270 e. The first-order chi connectivity index (χ1) is 11.5. The van der Waals surface area contributed by atoms with Crippen LogP contribution in [0.4, 0.5) is 9.52 Å². The van der Waals surface area contributed by atoms with Crippen LogP contribution in [0, 0.1) is 5.82 Å². The number of aryl methyl sites for hydroxylation is 1. The van der Waals surface area contributed by atoms with Crippen molar-refractivity contribution in [2.75, 3.05) is 12.3 Å². The Bertz CT molecular complexity index is 946. The lowest BCUT2D eigenvalue weighted by molar-refractivity contribution is 0.0731. The van der Waals surface area contributed by atoms with Crippen LogP contribution in [-0.4, -0.2) is 27.3 Å². The highest BCUT2D eigenvalue weighted by molar-refractivity contribution is 7.15. The van der Waals surface area contributed by atoms with Gasteiger partial charge in [-0.3, -0.25) is 4.79 Å². The molecule has 0 bridgehead atoms. The first-order valence-electron chi connectivity index (χ1n) is 7.89. The van der Waals surface area contributed by atoms with Crippen molar-refractivity contribution in [3.63, 3.8) is 0 Å². The molecule has 4 rings (SSSR count). The number of carbonyl (C=O) groups is 1. The van der Waals surface area contributed by atoms with Crippen LogP contribution in [-0.2, 0) is 19.4 Å². The van der Waals surface area contributed by atoms with Gasteiger partial charge in [-0.05, 0) is 30.2 Å². The highest BCUT2D eigenvalue weighted by atomic mass is 32.1. The molecule has 0 fully saturated rings. The Kier molecular flexibility index (Phi) is 3.53. The summed E-state index contributed by atoms with van der Waals surface area (Å²) in [7, 11) is 0. The molecule has 5 nitrogen and oxygen atoms in total. The fraction of sp³-hybridized carbons (Fsp3) is 0.294. The lowest BCUT2D eigenvalue weighted by Gasteiger charge is -2.25. The van der Waals surface area contributed by atoms with Gasteiger partial charge in [0.05, 0.1) is 12.2 Å². The van der Waals surface area contributed by atoms with Crippen LogP contribution < -0.4 is 5.73 Å². The number of aromatic amines is 1. The molecule has 0 unspecified atom stereocenters. The van der Waals surface area contributed by atoms with E-state index in [2.05, 4.69) is 9.97 Å². The molecule has 3 heterocycles. The van der Waals surface area contributed by atoms with E-state index in [-0.39, 0.29) is 11.7 Å².